The Hall–Kier alpha value is -4.14. The van der Waals surface area contributed by atoms with Crippen LogP contribution in [-0.4, -0.2) is 16.7 Å². The molecule has 0 saturated heterocycles. The van der Waals surface area contributed by atoms with Crippen molar-refractivity contribution in [2.75, 3.05) is 0 Å². The van der Waals surface area contributed by atoms with Gasteiger partial charge in [0.25, 0.3) is 11.6 Å². The van der Waals surface area contributed by atoms with E-state index in [0.29, 0.717) is 11.3 Å². The highest BCUT2D eigenvalue weighted by atomic mass is 16.6. The highest BCUT2D eigenvalue weighted by Crippen LogP contribution is 2.16. The van der Waals surface area contributed by atoms with Crippen LogP contribution in [0.5, 0.6) is 5.75 Å². The van der Waals surface area contributed by atoms with Crippen LogP contribution in [0, 0.1) is 10.1 Å². The summed E-state index contributed by atoms with van der Waals surface area (Å²) >= 11 is 0. The Balaban J connectivity index is 1.59. The summed E-state index contributed by atoms with van der Waals surface area (Å²) in [6, 6.07) is 15.8. The van der Waals surface area contributed by atoms with Crippen molar-refractivity contribution >= 4 is 17.5 Å². The Labute approximate surface area is 159 Å². The number of nitrogens with one attached hydrogen (secondary N) is 2. The van der Waals surface area contributed by atoms with Crippen molar-refractivity contribution in [2.45, 2.75) is 6.61 Å². The minimum Gasteiger partial charge on any atom is -0.489 e. The average molecular weight is 381 g/mol. The minimum atomic E-state index is -0.703. The lowest BCUT2D eigenvalue weighted by Gasteiger charge is -2.08. The first-order valence-electron chi connectivity index (χ1n) is 8.14. The summed E-state index contributed by atoms with van der Waals surface area (Å²) < 4.78 is 10.8. The first kappa shape index (κ1) is 18.6. The first-order valence-corrected chi connectivity index (χ1v) is 8.14. The van der Waals surface area contributed by atoms with Crippen LogP contribution in [-0.2, 0) is 6.61 Å². The molecule has 9 heteroatoms. The lowest BCUT2D eigenvalue weighted by Crippen LogP contribution is -2.41. The Kier molecular flexibility index (Phi) is 5.66. The van der Waals surface area contributed by atoms with E-state index in [1.807, 2.05) is 18.2 Å². The molecule has 3 rings (SSSR count). The van der Waals surface area contributed by atoms with E-state index >= 15 is 0 Å². The number of nitro benzene ring substituents is 1. The number of rotatable bonds is 6. The lowest BCUT2D eigenvalue weighted by molar-refractivity contribution is -0.384. The molecule has 0 fully saturated rings. The van der Waals surface area contributed by atoms with E-state index in [4.69, 9.17) is 9.15 Å². The number of para-hydroxylation sites is 1. The quantitative estimate of drug-likeness (QED) is 0.500. The fourth-order valence-corrected chi connectivity index (χ4v) is 2.33. The van der Waals surface area contributed by atoms with Crippen molar-refractivity contribution in [1.82, 2.24) is 10.9 Å². The molecule has 142 valence electrons. The molecule has 0 aliphatic rings. The van der Waals surface area contributed by atoms with Crippen molar-refractivity contribution in [3.8, 4) is 5.75 Å². The van der Waals surface area contributed by atoms with E-state index in [0.717, 1.165) is 6.07 Å². The molecule has 0 bridgehead atoms. The molecule has 0 spiro atoms. The van der Waals surface area contributed by atoms with Crippen LogP contribution < -0.4 is 15.6 Å². The molecule has 2 amide bonds. The molecule has 0 atom stereocenters. The van der Waals surface area contributed by atoms with E-state index in [1.165, 1.54) is 24.5 Å². The Morgan fingerprint density at radius 1 is 1.00 bits per heavy atom. The molecule has 0 unspecified atom stereocenters. The first-order chi connectivity index (χ1) is 13.5. The molecule has 3 aromatic rings. The number of benzene rings is 2. The number of non-ortho nitro benzene ring substituents is 1. The molecular weight excluding hydrogens is 366 g/mol. The molecule has 1 heterocycles. The van der Waals surface area contributed by atoms with Crippen LogP contribution in [0.15, 0.2) is 71.3 Å². The number of carbonyl (C=O) groups excluding carboxylic acids is 2. The third-order valence-electron chi connectivity index (χ3n) is 3.70. The maximum atomic E-state index is 12.3. The molecular formula is C19H15N3O6. The number of hydrogen-bond acceptors (Lipinski definition) is 6. The maximum absolute atomic E-state index is 12.3. The van der Waals surface area contributed by atoms with Gasteiger partial charge < -0.3 is 9.15 Å². The molecule has 0 saturated carbocycles. The maximum Gasteiger partial charge on any atom is 0.305 e. The van der Waals surface area contributed by atoms with Crippen molar-refractivity contribution in [3.63, 3.8) is 0 Å². The van der Waals surface area contributed by atoms with E-state index in [9.17, 15) is 19.7 Å². The lowest BCUT2D eigenvalue weighted by atomic mass is 10.2. The zero-order valence-corrected chi connectivity index (χ0v) is 14.5. The van der Waals surface area contributed by atoms with Gasteiger partial charge in [-0.25, -0.2) is 0 Å². The van der Waals surface area contributed by atoms with Crippen molar-refractivity contribution in [2.24, 2.45) is 0 Å². The van der Waals surface area contributed by atoms with Crippen LogP contribution in [0.3, 0.4) is 0 Å². The van der Waals surface area contributed by atoms with Gasteiger partial charge in [-0.1, -0.05) is 24.3 Å². The minimum absolute atomic E-state index is 0.0183. The van der Waals surface area contributed by atoms with E-state index in [-0.39, 0.29) is 23.6 Å². The number of hydrazine groups is 1. The zero-order chi connectivity index (χ0) is 19.9. The SMILES string of the molecule is O=C(NNC(=O)c1occc1COc1ccccc1)c1cccc([N+](=O)[O-])c1. The van der Waals surface area contributed by atoms with Gasteiger partial charge in [0.15, 0.2) is 5.76 Å². The predicted octanol–water partition coefficient (Wildman–Crippen LogP) is 2.84. The summed E-state index contributed by atoms with van der Waals surface area (Å²) in [6.45, 7) is 0.0993. The fourth-order valence-electron chi connectivity index (χ4n) is 2.33. The molecule has 2 N–H and O–H groups in total. The van der Waals surface area contributed by atoms with Gasteiger partial charge in [-0.3, -0.25) is 30.6 Å². The van der Waals surface area contributed by atoms with Crippen LogP contribution in [0.4, 0.5) is 5.69 Å². The van der Waals surface area contributed by atoms with Gasteiger partial charge in [0.1, 0.15) is 12.4 Å². The average Bonchev–Trinajstić information content (AvgIpc) is 3.20. The number of nitro groups is 1. The summed E-state index contributed by atoms with van der Waals surface area (Å²) in [5.74, 6) is -0.773. The second kappa shape index (κ2) is 8.49. The van der Waals surface area contributed by atoms with Crippen LogP contribution in [0.25, 0.3) is 0 Å². The third-order valence-corrected chi connectivity index (χ3v) is 3.70. The molecule has 2 aromatic carbocycles. The highest BCUT2D eigenvalue weighted by molar-refractivity contribution is 5.98. The normalized spacial score (nSPS) is 10.1. The summed E-state index contributed by atoms with van der Waals surface area (Å²) in [7, 11) is 0. The number of nitrogens with zero attached hydrogens (tertiary/aromatic N) is 1. The third kappa shape index (κ3) is 4.52. The largest absolute Gasteiger partial charge is 0.489 e. The van der Waals surface area contributed by atoms with Gasteiger partial charge in [0.05, 0.1) is 11.2 Å². The monoisotopic (exact) mass is 381 g/mol. The smallest absolute Gasteiger partial charge is 0.305 e. The number of carbonyl (C=O) groups is 2. The fraction of sp³-hybridized carbons (Fsp3) is 0.0526. The number of furan rings is 1. The molecule has 0 aliphatic heterocycles. The summed E-state index contributed by atoms with van der Waals surface area (Å²) in [4.78, 5) is 34.5. The van der Waals surface area contributed by atoms with Crippen LogP contribution in [0.1, 0.15) is 26.5 Å². The predicted molar refractivity (Wildman–Crippen MR) is 97.5 cm³/mol. The van der Waals surface area contributed by atoms with Crippen molar-refractivity contribution < 1.29 is 23.7 Å². The Bertz CT molecular complexity index is 1000. The second-order valence-corrected chi connectivity index (χ2v) is 5.59. The summed E-state index contributed by atoms with van der Waals surface area (Å²) in [6.07, 6.45) is 1.33. The number of amides is 2. The molecule has 0 aliphatic carbocycles. The Morgan fingerprint density at radius 3 is 2.50 bits per heavy atom. The topological polar surface area (TPSA) is 124 Å². The Morgan fingerprint density at radius 2 is 1.75 bits per heavy atom. The van der Waals surface area contributed by atoms with Crippen LogP contribution in [0.2, 0.25) is 0 Å². The van der Waals surface area contributed by atoms with Crippen molar-refractivity contribution in [3.05, 3.63) is 93.9 Å². The van der Waals surface area contributed by atoms with Gasteiger partial charge in [-0.2, -0.15) is 0 Å². The van der Waals surface area contributed by atoms with Crippen LogP contribution >= 0.6 is 0 Å². The van der Waals surface area contributed by atoms with Gasteiger partial charge >= 0.3 is 5.91 Å². The standard InChI is InChI=1S/C19H15N3O6/c23-18(13-5-4-6-15(11-13)22(25)26)20-21-19(24)17-14(9-10-27-17)12-28-16-7-2-1-3-8-16/h1-11H,12H2,(H,20,23)(H,21,24). The van der Waals surface area contributed by atoms with Crippen molar-refractivity contribution in [1.29, 1.82) is 0 Å². The molecule has 1 aromatic heterocycles. The van der Waals surface area contributed by atoms with Gasteiger partial charge in [-0.15, -0.1) is 0 Å². The molecule has 0 radical (unpaired) electrons. The van der Waals surface area contributed by atoms with E-state index < -0.39 is 16.7 Å². The van der Waals surface area contributed by atoms with E-state index in [1.54, 1.807) is 18.2 Å². The molecule has 9 nitrogen and oxygen atoms in total. The van der Waals surface area contributed by atoms with Gasteiger partial charge in [-0.05, 0) is 24.3 Å². The van der Waals surface area contributed by atoms with Gasteiger partial charge in [0, 0.05) is 23.3 Å². The molecule has 28 heavy (non-hydrogen) atoms. The number of ether oxygens (including phenoxy) is 1. The number of hydrogen-bond donors (Lipinski definition) is 2. The van der Waals surface area contributed by atoms with E-state index in [2.05, 4.69) is 10.9 Å². The highest BCUT2D eigenvalue weighted by Gasteiger charge is 2.18. The summed E-state index contributed by atoms with van der Waals surface area (Å²) in [5, 5.41) is 10.8. The zero-order valence-electron chi connectivity index (χ0n) is 14.5. The second-order valence-electron chi connectivity index (χ2n) is 5.59. The summed E-state index contributed by atoms with van der Waals surface area (Å²) in [5.41, 5.74) is 4.69. The van der Waals surface area contributed by atoms with Gasteiger partial charge in [0.2, 0.25) is 0 Å².